The second-order valence-electron chi connectivity index (χ2n) is 5.43. The molecule has 1 aliphatic rings. The minimum Gasteiger partial charge on any atom is -0.454 e. The van der Waals surface area contributed by atoms with Crippen molar-refractivity contribution in [2.24, 2.45) is 0 Å². The third-order valence-corrected chi connectivity index (χ3v) is 3.77. The molecule has 0 atom stereocenters. The quantitative estimate of drug-likeness (QED) is 0.788. The van der Waals surface area contributed by atoms with Crippen LogP contribution in [0.1, 0.15) is 18.1 Å². The molecular formula is C19H18FNO3. The first-order valence-corrected chi connectivity index (χ1v) is 7.77. The van der Waals surface area contributed by atoms with Crippen LogP contribution < -0.4 is 9.47 Å². The molecule has 1 amide bonds. The van der Waals surface area contributed by atoms with Gasteiger partial charge in [-0.2, -0.15) is 0 Å². The molecule has 4 nitrogen and oxygen atoms in total. The van der Waals surface area contributed by atoms with Gasteiger partial charge >= 0.3 is 0 Å². The zero-order chi connectivity index (χ0) is 16.9. The number of nitrogens with zero attached hydrogens (tertiary/aromatic N) is 1. The van der Waals surface area contributed by atoms with Gasteiger partial charge in [-0.1, -0.05) is 18.2 Å². The fourth-order valence-electron chi connectivity index (χ4n) is 2.49. The van der Waals surface area contributed by atoms with Gasteiger partial charge in [0.25, 0.3) is 0 Å². The lowest BCUT2D eigenvalue weighted by Crippen LogP contribution is -2.28. The maximum atomic E-state index is 13.2. The Kier molecular flexibility index (Phi) is 4.79. The van der Waals surface area contributed by atoms with Crippen LogP contribution in [0.4, 0.5) is 4.39 Å². The van der Waals surface area contributed by atoms with Crippen LogP contribution in [-0.4, -0.2) is 24.1 Å². The molecule has 124 valence electrons. The van der Waals surface area contributed by atoms with E-state index in [1.54, 1.807) is 23.1 Å². The number of carbonyl (C=O) groups excluding carboxylic acids is 1. The molecule has 2 aromatic carbocycles. The Balaban J connectivity index is 1.68. The highest BCUT2D eigenvalue weighted by Gasteiger charge is 2.15. The molecule has 0 bridgehead atoms. The topological polar surface area (TPSA) is 38.8 Å². The number of rotatable bonds is 5. The smallest absolute Gasteiger partial charge is 0.246 e. The van der Waals surface area contributed by atoms with Gasteiger partial charge in [-0.15, -0.1) is 0 Å². The molecule has 0 saturated heterocycles. The predicted molar refractivity (Wildman–Crippen MR) is 89.1 cm³/mol. The number of benzene rings is 2. The van der Waals surface area contributed by atoms with E-state index in [9.17, 15) is 9.18 Å². The minimum atomic E-state index is -0.322. The number of carbonyl (C=O) groups is 1. The monoisotopic (exact) mass is 327 g/mol. The second kappa shape index (κ2) is 7.17. The molecular weight excluding hydrogens is 309 g/mol. The third-order valence-electron chi connectivity index (χ3n) is 3.77. The lowest BCUT2D eigenvalue weighted by Gasteiger charge is -2.19. The summed E-state index contributed by atoms with van der Waals surface area (Å²) in [6.45, 7) is 3.19. The van der Waals surface area contributed by atoms with Gasteiger partial charge in [0.1, 0.15) is 5.82 Å². The molecule has 0 saturated carbocycles. The maximum absolute atomic E-state index is 13.2. The number of hydrogen-bond donors (Lipinski definition) is 0. The Morgan fingerprint density at radius 2 is 2.04 bits per heavy atom. The van der Waals surface area contributed by atoms with Crippen LogP contribution in [0.2, 0.25) is 0 Å². The third kappa shape index (κ3) is 3.74. The van der Waals surface area contributed by atoms with Gasteiger partial charge in [0, 0.05) is 19.2 Å². The SMILES string of the molecule is CCN(Cc1ccc2c(c1)OCO2)C(=O)/C=C/c1cccc(F)c1. The zero-order valence-electron chi connectivity index (χ0n) is 13.4. The van der Waals surface area contributed by atoms with Gasteiger partial charge in [0.15, 0.2) is 11.5 Å². The summed E-state index contributed by atoms with van der Waals surface area (Å²) in [6, 6.07) is 11.8. The Morgan fingerprint density at radius 1 is 1.21 bits per heavy atom. The van der Waals surface area contributed by atoms with Crippen LogP contribution in [-0.2, 0) is 11.3 Å². The standard InChI is InChI=1S/C19H18FNO3/c1-2-21(12-15-6-8-17-18(11-15)24-13-23-17)19(22)9-7-14-4-3-5-16(20)10-14/h3-11H,2,12-13H2,1H3/b9-7+. The van der Waals surface area contributed by atoms with E-state index in [0.717, 1.165) is 11.3 Å². The normalized spacial score (nSPS) is 12.6. The summed E-state index contributed by atoms with van der Waals surface area (Å²) < 4.78 is 23.8. The molecule has 0 unspecified atom stereocenters. The lowest BCUT2D eigenvalue weighted by molar-refractivity contribution is -0.126. The van der Waals surface area contributed by atoms with Gasteiger partial charge in [-0.05, 0) is 48.4 Å². The summed E-state index contributed by atoms with van der Waals surface area (Å²) in [5, 5.41) is 0. The van der Waals surface area contributed by atoms with Gasteiger partial charge in [0.05, 0.1) is 0 Å². The largest absolute Gasteiger partial charge is 0.454 e. The fraction of sp³-hybridized carbons (Fsp3) is 0.211. The van der Waals surface area contributed by atoms with E-state index in [4.69, 9.17) is 9.47 Å². The van der Waals surface area contributed by atoms with Crippen molar-refractivity contribution < 1.29 is 18.7 Å². The molecule has 0 aromatic heterocycles. The minimum absolute atomic E-state index is 0.126. The average Bonchev–Trinajstić information content (AvgIpc) is 3.05. The van der Waals surface area contributed by atoms with E-state index in [1.165, 1.54) is 18.2 Å². The predicted octanol–water partition coefficient (Wildman–Crippen LogP) is 3.62. The molecule has 5 heteroatoms. The number of likely N-dealkylation sites (N-methyl/N-ethyl adjacent to an activating group) is 1. The summed E-state index contributed by atoms with van der Waals surface area (Å²) in [5.41, 5.74) is 1.62. The van der Waals surface area contributed by atoms with Gasteiger partial charge in [-0.3, -0.25) is 4.79 Å². The molecule has 0 N–H and O–H groups in total. The van der Waals surface area contributed by atoms with E-state index < -0.39 is 0 Å². The summed E-state index contributed by atoms with van der Waals surface area (Å²) in [4.78, 5) is 14.1. The van der Waals surface area contributed by atoms with Gasteiger partial charge in [0.2, 0.25) is 12.7 Å². The van der Waals surface area contributed by atoms with Crippen molar-refractivity contribution >= 4 is 12.0 Å². The van der Waals surface area contributed by atoms with Crippen molar-refractivity contribution in [3.63, 3.8) is 0 Å². The van der Waals surface area contributed by atoms with E-state index in [-0.39, 0.29) is 18.5 Å². The van der Waals surface area contributed by atoms with Crippen molar-refractivity contribution in [3.05, 3.63) is 65.5 Å². The average molecular weight is 327 g/mol. The van der Waals surface area contributed by atoms with Crippen LogP contribution in [0.5, 0.6) is 11.5 Å². The Bertz CT molecular complexity index is 773. The first-order chi connectivity index (χ1) is 11.7. The van der Waals surface area contributed by atoms with Crippen molar-refractivity contribution in [1.82, 2.24) is 4.90 Å². The molecule has 2 aromatic rings. The summed E-state index contributed by atoms with van der Waals surface area (Å²) in [5.74, 6) is 0.974. The Hall–Kier alpha value is -2.82. The highest BCUT2D eigenvalue weighted by atomic mass is 19.1. The molecule has 0 fully saturated rings. The number of halogens is 1. The highest BCUT2D eigenvalue weighted by Crippen LogP contribution is 2.32. The van der Waals surface area contributed by atoms with E-state index in [1.807, 2.05) is 25.1 Å². The summed E-state index contributed by atoms with van der Waals surface area (Å²) in [6.07, 6.45) is 3.08. The van der Waals surface area contributed by atoms with Crippen LogP contribution >= 0.6 is 0 Å². The van der Waals surface area contributed by atoms with Crippen LogP contribution in [0.25, 0.3) is 6.08 Å². The summed E-state index contributed by atoms with van der Waals surface area (Å²) in [7, 11) is 0. The first-order valence-electron chi connectivity index (χ1n) is 7.77. The number of amides is 1. The molecule has 3 rings (SSSR count). The van der Waals surface area contributed by atoms with Crippen molar-refractivity contribution in [3.8, 4) is 11.5 Å². The number of fused-ring (bicyclic) bond motifs is 1. The van der Waals surface area contributed by atoms with E-state index >= 15 is 0 Å². The summed E-state index contributed by atoms with van der Waals surface area (Å²) >= 11 is 0. The molecule has 1 aliphatic heterocycles. The van der Waals surface area contributed by atoms with Gasteiger partial charge < -0.3 is 14.4 Å². The second-order valence-corrected chi connectivity index (χ2v) is 5.43. The fourth-order valence-corrected chi connectivity index (χ4v) is 2.49. The van der Waals surface area contributed by atoms with Crippen molar-refractivity contribution in [2.75, 3.05) is 13.3 Å². The highest BCUT2D eigenvalue weighted by molar-refractivity contribution is 5.91. The molecule has 0 radical (unpaired) electrons. The Morgan fingerprint density at radius 3 is 2.83 bits per heavy atom. The van der Waals surface area contributed by atoms with Crippen LogP contribution in [0.15, 0.2) is 48.5 Å². The first kappa shape index (κ1) is 16.1. The molecule has 1 heterocycles. The van der Waals surface area contributed by atoms with E-state index in [0.29, 0.717) is 24.4 Å². The Labute approximate surface area is 140 Å². The maximum Gasteiger partial charge on any atom is 0.246 e. The van der Waals surface area contributed by atoms with Gasteiger partial charge in [-0.25, -0.2) is 4.39 Å². The molecule has 0 spiro atoms. The number of ether oxygens (including phenoxy) is 2. The van der Waals surface area contributed by atoms with Crippen molar-refractivity contribution in [2.45, 2.75) is 13.5 Å². The van der Waals surface area contributed by atoms with Crippen LogP contribution in [0.3, 0.4) is 0 Å². The zero-order valence-corrected chi connectivity index (χ0v) is 13.4. The lowest BCUT2D eigenvalue weighted by atomic mass is 10.1. The van der Waals surface area contributed by atoms with E-state index in [2.05, 4.69) is 0 Å². The van der Waals surface area contributed by atoms with Crippen LogP contribution in [0, 0.1) is 5.82 Å². The molecule has 0 aliphatic carbocycles. The number of hydrogen-bond acceptors (Lipinski definition) is 3. The molecule has 24 heavy (non-hydrogen) atoms. The van der Waals surface area contributed by atoms with Crippen molar-refractivity contribution in [1.29, 1.82) is 0 Å².